The Hall–Kier alpha value is -1.06. The molecule has 0 bridgehead atoms. The van der Waals surface area contributed by atoms with Crippen LogP contribution in [-0.2, 0) is 0 Å². The molecule has 3 heteroatoms. The number of hydrogen-bond acceptors (Lipinski definition) is 3. The van der Waals surface area contributed by atoms with Crippen molar-refractivity contribution in [2.24, 2.45) is 5.73 Å². The maximum atomic E-state index is 9.57. The second kappa shape index (κ2) is 9.82. The van der Waals surface area contributed by atoms with Crippen molar-refractivity contribution in [3.8, 4) is 5.75 Å². The maximum absolute atomic E-state index is 9.57. The van der Waals surface area contributed by atoms with Gasteiger partial charge in [0.25, 0.3) is 0 Å². The fourth-order valence-electron chi connectivity index (χ4n) is 1.99. The Balaban J connectivity index is 2.16. The van der Waals surface area contributed by atoms with Crippen molar-refractivity contribution in [2.75, 3.05) is 13.2 Å². The number of hydrogen-bond donors (Lipinski definition) is 2. The number of unbranched alkanes of at least 4 members (excludes halogenated alkanes) is 5. The summed E-state index contributed by atoms with van der Waals surface area (Å²) in [7, 11) is 0. The molecule has 0 aliphatic heterocycles. The Morgan fingerprint density at radius 1 is 1.05 bits per heavy atom. The van der Waals surface area contributed by atoms with Gasteiger partial charge in [-0.2, -0.15) is 0 Å². The van der Waals surface area contributed by atoms with Crippen LogP contribution in [0, 0.1) is 0 Å². The first-order valence-electron chi connectivity index (χ1n) is 7.38. The van der Waals surface area contributed by atoms with E-state index in [4.69, 9.17) is 10.5 Å². The fourth-order valence-corrected chi connectivity index (χ4v) is 1.99. The first kappa shape index (κ1) is 16.0. The van der Waals surface area contributed by atoms with Crippen molar-refractivity contribution in [2.45, 2.75) is 51.6 Å². The minimum absolute atomic E-state index is 0.248. The van der Waals surface area contributed by atoms with Gasteiger partial charge >= 0.3 is 0 Å². The SMILES string of the molecule is CCCCCCCCOc1ccc(C(O)CN)cc1. The lowest BCUT2D eigenvalue weighted by atomic mass is 10.1. The van der Waals surface area contributed by atoms with Crippen LogP contribution in [0.2, 0.25) is 0 Å². The molecule has 19 heavy (non-hydrogen) atoms. The standard InChI is InChI=1S/C16H27NO2/c1-2-3-4-5-6-7-12-19-15-10-8-14(9-11-15)16(18)13-17/h8-11,16,18H,2-7,12-13,17H2,1H3. The van der Waals surface area contributed by atoms with E-state index in [9.17, 15) is 5.11 Å². The molecule has 0 spiro atoms. The highest BCUT2D eigenvalue weighted by Gasteiger charge is 2.04. The van der Waals surface area contributed by atoms with Gasteiger partial charge in [0, 0.05) is 6.54 Å². The smallest absolute Gasteiger partial charge is 0.119 e. The quantitative estimate of drug-likeness (QED) is 0.637. The lowest BCUT2D eigenvalue weighted by Gasteiger charge is -2.10. The summed E-state index contributed by atoms with van der Waals surface area (Å²) < 4.78 is 5.67. The Labute approximate surface area is 116 Å². The molecule has 108 valence electrons. The first-order chi connectivity index (χ1) is 9.27. The molecule has 3 N–H and O–H groups in total. The van der Waals surface area contributed by atoms with Gasteiger partial charge < -0.3 is 15.6 Å². The van der Waals surface area contributed by atoms with Gasteiger partial charge in [-0.15, -0.1) is 0 Å². The molecule has 3 nitrogen and oxygen atoms in total. The predicted molar refractivity (Wildman–Crippen MR) is 79.3 cm³/mol. The normalized spacial score (nSPS) is 12.4. The van der Waals surface area contributed by atoms with Crippen LogP contribution < -0.4 is 10.5 Å². The number of rotatable bonds is 10. The molecule has 1 aromatic rings. The Morgan fingerprint density at radius 3 is 2.32 bits per heavy atom. The van der Waals surface area contributed by atoms with Crippen molar-refractivity contribution in [1.29, 1.82) is 0 Å². The van der Waals surface area contributed by atoms with E-state index < -0.39 is 6.10 Å². The van der Waals surface area contributed by atoms with Crippen molar-refractivity contribution in [3.63, 3.8) is 0 Å². The molecule has 0 aromatic heterocycles. The van der Waals surface area contributed by atoms with Crippen LogP contribution in [0.25, 0.3) is 0 Å². The third-order valence-corrected chi connectivity index (χ3v) is 3.25. The summed E-state index contributed by atoms with van der Waals surface area (Å²) in [5.41, 5.74) is 6.25. The largest absolute Gasteiger partial charge is 0.494 e. The summed E-state index contributed by atoms with van der Waals surface area (Å²) in [6.45, 7) is 3.25. The Bertz CT molecular complexity index is 324. The predicted octanol–water partition coefficient (Wildman–Crippen LogP) is 3.42. The highest BCUT2D eigenvalue weighted by molar-refractivity contribution is 5.28. The molecule has 0 amide bonds. The highest BCUT2D eigenvalue weighted by atomic mass is 16.5. The van der Waals surface area contributed by atoms with E-state index in [1.807, 2.05) is 24.3 Å². The molecule has 0 saturated carbocycles. The van der Waals surface area contributed by atoms with E-state index in [1.54, 1.807) is 0 Å². The molecule has 0 heterocycles. The van der Waals surface area contributed by atoms with Crippen LogP contribution in [0.5, 0.6) is 5.75 Å². The maximum Gasteiger partial charge on any atom is 0.119 e. The highest BCUT2D eigenvalue weighted by Crippen LogP contribution is 2.17. The van der Waals surface area contributed by atoms with Crippen molar-refractivity contribution in [1.82, 2.24) is 0 Å². The van der Waals surface area contributed by atoms with Crippen LogP contribution in [0.15, 0.2) is 24.3 Å². The number of ether oxygens (including phenoxy) is 1. The van der Waals surface area contributed by atoms with Gasteiger partial charge in [-0.05, 0) is 24.1 Å². The summed E-state index contributed by atoms with van der Waals surface area (Å²) in [5, 5.41) is 9.57. The minimum atomic E-state index is -0.576. The molecule has 0 aliphatic rings. The number of aliphatic hydroxyl groups excluding tert-OH is 1. The lowest BCUT2D eigenvalue weighted by molar-refractivity contribution is 0.186. The zero-order valence-electron chi connectivity index (χ0n) is 12.0. The molecule has 1 aromatic carbocycles. The summed E-state index contributed by atoms with van der Waals surface area (Å²) in [6.07, 6.45) is 7.04. The van der Waals surface area contributed by atoms with Crippen LogP contribution in [0.4, 0.5) is 0 Å². The zero-order valence-corrected chi connectivity index (χ0v) is 12.0. The van der Waals surface area contributed by atoms with Crippen LogP contribution in [0.1, 0.15) is 57.1 Å². The topological polar surface area (TPSA) is 55.5 Å². The van der Waals surface area contributed by atoms with Crippen LogP contribution >= 0.6 is 0 Å². The van der Waals surface area contributed by atoms with Gasteiger partial charge in [0.1, 0.15) is 5.75 Å². The molecule has 0 fully saturated rings. The van der Waals surface area contributed by atoms with Gasteiger partial charge in [0.15, 0.2) is 0 Å². The third-order valence-electron chi connectivity index (χ3n) is 3.25. The van der Waals surface area contributed by atoms with E-state index >= 15 is 0 Å². The first-order valence-corrected chi connectivity index (χ1v) is 7.38. The average molecular weight is 265 g/mol. The van der Waals surface area contributed by atoms with E-state index in [1.165, 1.54) is 32.1 Å². The Morgan fingerprint density at radius 2 is 1.68 bits per heavy atom. The van der Waals surface area contributed by atoms with Gasteiger partial charge in [0.05, 0.1) is 12.7 Å². The van der Waals surface area contributed by atoms with Crippen molar-refractivity contribution in [3.05, 3.63) is 29.8 Å². The molecular weight excluding hydrogens is 238 g/mol. The summed E-state index contributed by atoms with van der Waals surface area (Å²) in [6, 6.07) is 7.53. The fraction of sp³-hybridized carbons (Fsp3) is 0.625. The number of benzene rings is 1. The Kier molecular flexibility index (Phi) is 8.26. The summed E-state index contributed by atoms with van der Waals surface area (Å²) in [5.74, 6) is 0.863. The zero-order chi connectivity index (χ0) is 13.9. The van der Waals surface area contributed by atoms with Crippen LogP contribution in [0.3, 0.4) is 0 Å². The van der Waals surface area contributed by atoms with Crippen molar-refractivity contribution >= 4 is 0 Å². The summed E-state index contributed by atoms with van der Waals surface area (Å²) >= 11 is 0. The molecule has 0 aliphatic carbocycles. The molecule has 0 saturated heterocycles. The van der Waals surface area contributed by atoms with Crippen molar-refractivity contribution < 1.29 is 9.84 Å². The van der Waals surface area contributed by atoms with Gasteiger partial charge in [-0.1, -0.05) is 51.2 Å². The number of aliphatic hydroxyl groups is 1. The van der Waals surface area contributed by atoms with E-state index in [0.717, 1.165) is 24.3 Å². The molecule has 0 radical (unpaired) electrons. The molecular formula is C16H27NO2. The van der Waals surface area contributed by atoms with Gasteiger partial charge in [-0.25, -0.2) is 0 Å². The second-order valence-corrected chi connectivity index (χ2v) is 4.94. The van der Waals surface area contributed by atoms with Crippen LogP contribution in [-0.4, -0.2) is 18.3 Å². The van der Waals surface area contributed by atoms with Gasteiger partial charge in [0.2, 0.25) is 0 Å². The average Bonchev–Trinajstić information content (AvgIpc) is 2.46. The lowest BCUT2D eigenvalue weighted by Crippen LogP contribution is -2.11. The second-order valence-electron chi connectivity index (χ2n) is 4.94. The summed E-state index contributed by atoms with van der Waals surface area (Å²) in [4.78, 5) is 0. The van der Waals surface area contributed by atoms with Gasteiger partial charge in [-0.3, -0.25) is 0 Å². The minimum Gasteiger partial charge on any atom is -0.494 e. The third kappa shape index (κ3) is 6.60. The van der Waals surface area contributed by atoms with E-state index in [-0.39, 0.29) is 6.54 Å². The molecule has 1 atom stereocenters. The monoisotopic (exact) mass is 265 g/mol. The van der Waals surface area contributed by atoms with E-state index in [2.05, 4.69) is 6.92 Å². The number of nitrogens with two attached hydrogens (primary N) is 1. The molecule has 1 unspecified atom stereocenters. The molecule has 1 rings (SSSR count). The van der Waals surface area contributed by atoms with E-state index in [0.29, 0.717) is 0 Å².